The van der Waals surface area contributed by atoms with E-state index in [4.69, 9.17) is 18.9 Å². The van der Waals surface area contributed by atoms with Gasteiger partial charge in [-0.25, -0.2) is 4.99 Å². The molecule has 4 aromatic carbocycles. The number of fused-ring (bicyclic) bond motifs is 1. The predicted molar refractivity (Wildman–Crippen MR) is 153 cm³/mol. The summed E-state index contributed by atoms with van der Waals surface area (Å²) in [6.45, 7) is 1.77. The first-order valence-electron chi connectivity index (χ1n) is 12.7. The lowest BCUT2D eigenvalue weighted by Gasteiger charge is -2.22. The average molecular weight is 574 g/mol. The molecule has 38 heavy (non-hydrogen) atoms. The monoisotopic (exact) mass is 572 g/mol. The normalized spacial score (nSPS) is 12.3. The highest BCUT2D eigenvalue weighted by Crippen LogP contribution is 2.43. The fraction of sp³-hybridized carbons (Fsp3) is 0.219. The molecule has 5 nitrogen and oxygen atoms in total. The van der Waals surface area contributed by atoms with Crippen LogP contribution in [0.25, 0.3) is 0 Å². The van der Waals surface area contributed by atoms with E-state index < -0.39 is 0 Å². The molecular formula is C32H31BrNO4+. The largest absolute Gasteiger partial charge is 0.493 e. The van der Waals surface area contributed by atoms with Crippen molar-refractivity contribution in [3.8, 4) is 23.0 Å². The number of rotatable bonds is 10. The minimum Gasteiger partial charge on any atom is -0.493 e. The lowest BCUT2D eigenvalue weighted by Crippen LogP contribution is -2.76. The molecule has 0 amide bonds. The van der Waals surface area contributed by atoms with Crippen molar-refractivity contribution in [3.05, 3.63) is 117 Å². The molecule has 0 radical (unpaired) electrons. The van der Waals surface area contributed by atoms with Crippen molar-refractivity contribution in [2.45, 2.75) is 26.1 Å². The number of nitrogens with one attached hydrogen (secondary N) is 1. The van der Waals surface area contributed by atoms with Gasteiger partial charge in [-0.05, 0) is 41.0 Å². The summed E-state index contributed by atoms with van der Waals surface area (Å²) in [5.74, 6) is 2.85. The summed E-state index contributed by atoms with van der Waals surface area (Å²) in [5.41, 5.74) is 6.67. The lowest BCUT2D eigenvalue weighted by atomic mass is 9.92. The SMILES string of the molecule is COc1cc2c(c(OC)c1OCc1ccccc1)CC[NH+]=C2Cc1cc(OCc2ccccc2)ccc1Br. The van der Waals surface area contributed by atoms with Gasteiger partial charge in [0, 0.05) is 16.5 Å². The number of hydrogen-bond donors (Lipinski definition) is 1. The lowest BCUT2D eigenvalue weighted by molar-refractivity contribution is -0.458. The van der Waals surface area contributed by atoms with Crippen LogP contribution in [0.5, 0.6) is 23.0 Å². The molecule has 0 bridgehead atoms. The van der Waals surface area contributed by atoms with Gasteiger partial charge in [-0.2, -0.15) is 0 Å². The fourth-order valence-corrected chi connectivity index (χ4v) is 5.09. The van der Waals surface area contributed by atoms with Crippen molar-refractivity contribution in [3.63, 3.8) is 0 Å². The van der Waals surface area contributed by atoms with Gasteiger partial charge in [-0.3, -0.25) is 0 Å². The van der Waals surface area contributed by atoms with Gasteiger partial charge in [0.15, 0.2) is 17.2 Å². The maximum atomic E-state index is 6.25. The van der Waals surface area contributed by atoms with Crippen LogP contribution in [0.3, 0.4) is 0 Å². The molecule has 1 aliphatic rings. The quantitative estimate of drug-likeness (QED) is 0.280. The van der Waals surface area contributed by atoms with E-state index in [1.165, 1.54) is 0 Å². The van der Waals surface area contributed by atoms with Crippen molar-refractivity contribution < 1.29 is 23.9 Å². The molecule has 0 aromatic heterocycles. The van der Waals surface area contributed by atoms with Gasteiger partial charge in [0.05, 0.1) is 26.2 Å². The van der Waals surface area contributed by atoms with Crippen LogP contribution in [0.4, 0.5) is 0 Å². The molecule has 1 N–H and O–H groups in total. The summed E-state index contributed by atoms with van der Waals surface area (Å²) in [6, 6.07) is 28.5. The van der Waals surface area contributed by atoms with Crippen LogP contribution >= 0.6 is 15.9 Å². The van der Waals surface area contributed by atoms with E-state index in [2.05, 4.69) is 45.2 Å². The Morgan fingerprint density at radius 1 is 0.763 bits per heavy atom. The van der Waals surface area contributed by atoms with Gasteiger partial charge in [-0.1, -0.05) is 76.6 Å². The second kappa shape index (κ2) is 12.2. The van der Waals surface area contributed by atoms with Crippen LogP contribution in [0.1, 0.15) is 27.8 Å². The van der Waals surface area contributed by atoms with Gasteiger partial charge < -0.3 is 18.9 Å². The minimum absolute atomic E-state index is 0.434. The smallest absolute Gasteiger partial charge is 0.204 e. The van der Waals surface area contributed by atoms with Crippen LogP contribution in [0, 0.1) is 0 Å². The Kier molecular flexibility index (Phi) is 8.29. The average Bonchev–Trinajstić information content (AvgIpc) is 2.97. The third-order valence-corrected chi connectivity index (χ3v) is 7.40. The molecule has 0 fully saturated rings. The predicted octanol–water partition coefficient (Wildman–Crippen LogP) is 5.29. The molecule has 0 saturated heterocycles. The molecular weight excluding hydrogens is 542 g/mol. The van der Waals surface area contributed by atoms with Crippen LogP contribution in [-0.4, -0.2) is 26.5 Å². The number of hydrogen-bond acceptors (Lipinski definition) is 4. The Balaban J connectivity index is 1.40. The Hall–Kier alpha value is -3.77. The van der Waals surface area contributed by atoms with Crippen molar-refractivity contribution in [1.29, 1.82) is 0 Å². The fourth-order valence-electron chi connectivity index (χ4n) is 4.71. The van der Waals surface area contributed by atoms with Crippen LogP contribution in [0.15, 0.2) is 89.4 Å². The third kappa shape index (κ3) is 5.86. The Morgan fingerprint density at radius 3 is 2.11 bits per heavy atom. The molecule has 0 aliphatic carbocycles. The zero-order valence-electron chi connectivity index (χ0n) is 21.6. The summed E-state index contributed by atoms with van der Waals surface area (Å²) < 4.78 is 25.1. The van der Waals surface area contributed by atoms with Gasteiger partial charge in [-0.15, -0.1) is 0 Å². The number of halogens is 1. The molecule has 4 aromatic rings. The topological polar surface area (TPSA) is 50.9 Å². The van der Waals surface area contributed by atoms with E-state index in [0.29, 0.717) is 31.1 Å². The highest BCUT2D eigenvalue weighted by atomic mass is 79.9. The van der Waals surface area contributed by atoms with Crippen LogP contribution < -0.4 is 23.9 Å². The van der Waals surface area contributed by atoms with E-state index in [0.717, 1.165) is 62.5 Å². The molecule has 0 saturated carbocycles. The summed E-state index contributed by atoms with van der Waals surface area (Å²) >= 11 is 3.74. The zero-order chi connectivity index (χ0) is 26.3. The van der Waals surface area contributed by atoms with E-state index in [1.54, 1.807) is 14.2 Å². The van der Waals surface area contributed by atoms with Crippen LogP contribution in [0.2, 0.25) is 0 Å². The molecule has 1 heterocycles. The van der Waals surface area contributed by atoms with Gasteiger partial charge in [0.25, 0.3) is 0 Å². The summed E-state index contributed by atoms with van der Waals surface area (Å²) in [4.78, 5) is 3.61. The van der Waals surface area contributed by atoms with E-state index in [-0.39, 0.29) is 0 Å². The molecule has 0 atom stereocenters. The van der Waals surface area contributed by atoms with Crippen molar-refractivity contribution in [1.82, 2.24) is 0 Å². The first-order valence-corrected chi connectivity index (χ1v) is 13.5. The van der Waals surface area contributed by atoms with Gasteiger partial charge in [0.2, 0.25) is 5.75 Å². The Labute approximate surface area is 232 Å². The number of benzene rings is 4. The third-order valence-electron chi connectivity index (χ3n) is 6.63. The standard InChI is InChI=1S/C32H30BrNO4/c1-35-30-19-27-26(31(36-2)32(30)38-21-23-11-7-4-8-12-23)15-16-34-29(27)18-24-17-25(13-14-28(24)33)37-20-22-9-5-3-6-10-22/h3-14,17,19H,15-16,18,20-21H2,1-2H3/p+1. The highest BCUT2D eigenvalue weighted by Gasteiger charge is 2.29. The molecule has 194 valence electrons. The minimum atomic E-state index is 0.434. The van der Waals surface area contributed by atoms with Crippen molar-refractivity contribution >= 4 is 21.6 Å². The molecule has 5 rings (SSSR count). The maximum Gasteiger partial charge on any atom is 0.204 e. The van der Waals surface area contributed by atoms with E-state index in [9.17, 15) is 0 Å². The van der Waals surface area contributed by atoms with Crippen molar-refractivity contribution in [2.24, 2.45) is 0 Å². The molecule has 0 spiro atoms. The van der Waals surface area contributed by atoms with E-state index in [1.807, 2.05) is 60.7 Å². The highest BCUT2D eigenvalue weighted by molar-refractivity contribution is 9.10. The summed E-state index contributed by atoms with van der Waals surface area (Å²) in [7, 11) is 3.35. The van der Waals surface area contributed by atoms with Crippen molar-refractivity contribution in [2.75, 3.05) is 20.8 Å². The zero-order valence-corrected chi connectivity index (χ0v) is 23.2. The maximum absolute atomic E-state index is 6.25. The van der Waals surface area contributed by atoms with Gasteiger partial charge >= 0.3 is 0 Å². The second-order valence-corrected chi connectivity index (χ2v) is 9.96. The van der Waals surface area contributed by atoms with Gasteiger partial charge in [0.1, 0.15) is 25.5 Å². The summed E-state index contributed by atoms with van der Waals surface area (Å²) in [5, 5.41) is 0. The Bertz CT molecular complexity index is 1420. The first-order chi connectivity index (χ1) is 18.7. The van der Waals surface area contributed by atoms with Crippen LogP contribution in [-0.2, 0) is 26.1 Å². The molecule has 0 unspecified atom stereocenters. The first kappa shape index (κ1) is 25.9. The number of ether oxygens (including phenoxy) is 4. The molecule has 1 aliphatic heterocycles. The summed E-state index contributed by atoms with van der Waals surface area (Å²) in [6.07, 6.45) is 1.53. The number of methoxy groups -OCH3 is 2. The van der Waals surface area contributed by atoms with E-state index >= 15 is 0 Å². The Morgan fingerprint density at radius 2 is 1.45 bits per heavy atom. The second-order valence-electron chi connectivity index (χ2n) is 9.10. The molecule has 6 heteroatoms.